The number of hydrogen-bond acceptors (Lipinski definition) is 1. The van der Waals surface area contributed by atoms with Crippen molar-refractivity contribution in [2.24, 2.45) is 0 Å². The number of hydrogen-bond donors (Lipinski definition) is 0. The third-order valence-electron chi connectivity index (χ3n) is 11.8. The van der Waals surface area contributed by atoms with Gasteiger partial charge < -0.3 is 9.47 Å². The Balaban J connectivity index is 0.954. The van der Waals surface area contributed by atoms with Crippen LogP contribution in [0.2, 0.25) is 0 Å². The van der Waals surface area contributed by atoms with Crippen molar-refractivity contribution in [3.8, 4) is 50.2 Å². The van der Waals surface area contributed by atoms with Crippen molar-refractivity contribution in [1.82, 2.24) is 4.57 Å². The van der Waals surface area contributed by atoms with Crippen LogP contribution in [0.25, 0.3) is 82.8 Å². The summed E-state index contributed by atoms with van der Waals surface area (Å²) in [6.07, 6.45) is 0. The Bertz CT molecular complexity index is 3250. The molecule has 10 aromatic carbocycles. The molecule has 0 spiro atoms. The molecule has 0 bridgehead atoms. The summed E-state index contributed by atoms with van der Waals surface area (Å²) in [4.78, 5) is 2.36. The largest absolute Gasteiger partial charge is 0.310 e. The number of rotatable bonds is 8. The zero-order valence-electron chi connectivity index (χ0n) is 33.0. The van der Waals surface area contributed by atoms with E-state index in [2.05, 4.69) is 252 Å². The van der Waals surface area contributed by atoms with E-state index in [1.165, 1.54) is 77.1 Å². The average Bonchev–Trinajstić information content (AvgIpc) is 3.67. The van der Waals surface area contributed by atoms with Crippen LogP contribution in [-0.4, -0.2) is 4.57 Å². The monoisotopic (exact) mass is 764 g/mol. The SMILES string of the molecule is c1ccc(-c2cccc(N(c3ccc(-c4cccc(-c5ccc6ccccc6c5)c4)cc3)c3ccc(-c4cccc(-n5c6ccccc6c6ccccc65)c4)cc3)c2)cc1. The van der Waals surface area contributed by atoms with Crippen molar-refractivity contribution in [3.63, 3.8) is 0 Å². The molecule has 0 unspecified atom stereocenters. The molecule has 0 aliphatic carbocycles. The summed E-state index contributed by atoms with van der Waals surface area (Å²) < 4.78 is 2.38. The molecule has 2 heteroatoms. The molecule has 11 rings (SSSR count). The van der Waals surface area contributed by atoms with Crippen molar-refractivity contribution in [2.75, 3.05) is 4.90 Å². The highest BCUT2D eigenvalue weighted by molar-refractivity contribution is 6.09. The highest BCUT2D eigenvalue weighted by atomic mass is 15.1. The number of nitrogens with zero attached hydrogens (tertiary/aromatic N) is 2. The van der Waals surface area contributed by atoms with E-state index in [1.54, 1.807) is 0 Å². The summed E-state index contributed by atoms with van der Waals surface area (Å²) in [5, 5.41) is 5.04. The lowest BCUT2D eigenvalue weighted by molar-refractivity contribution is 1.18. The Kier molecular flexibility index (Phi) is 8.87. The van der Waals surface area contributed by atoms with Crippen molar-refractivity contribution in [3.05, 3.63) is 243 Å². The quantitative estimate of drug-likeness (QED) is 0.150. The molecular formula is C58H40N2. The van der Waals surface area contributed by atoms with Gasteiger partial charge in [0.1, 0.15) is 0 Å². The maximum atomic E-state index is 2.38. The van der Waals surface area contributed by atoms with Gasteiger partial charge >= 0.3 is 0 Å². The zero-order valence-corrected chi connectivity index (χ0v) is 33.0. The smallest absolute Gasteiger partial charge is 0.0541 e. The van der Waals surface area contributed by atoms with E-state index in [0.29, 0.717) is 0 Å². The second-order valence-corrected chi connectivity index (χ2v) is 15.4. The van der Waals surface area contributed by atoms with Gasteiger partial charge in [-0.25, -0.2) is 0 Å². The number of fused-ring (bicyclic) bond motifs is 4. The molecule has 11 aromatic rings. The van der Waals surface area contributed by atoms with Gasteiger partial charge in [0.15, 0.2) is 0 Å². The lowest BCUT2D eigenvalue weighted by Crippen LogP contribution is -2.10. The van der Waals surface area contributed by atoms with Crippen LogP contribution in [0.5, 0.6) is 0 Å². The van der Waals surface area contributed by atoms with E-state index in [4.69, 9.17) is 0 Å². The van der Waals surface area contributed by atoms with Crippen LogP contribution in [0, 0.1) is 0 Å². The highest BCUT2D eigenvalue weighted by Crippen LogP contribution is 2.40. The number of anilines is 3. The van der Waals surface area contributed by atoms with Gasteiger partial charge in [0.2, 0.25) is 0 Å². The lowest BCUT2D eigenvalue weighted by Gasteiger charge is -2.26. The molecule has 2 nitrogen and oxygen atoms in total. The maximum Gasteiger partial charge on any atom is 0.0541 e. The van der Waals surface area contributed by atoms with Crippen LogP contribution in [0.1, 0.15) is 0 Å². The van der Waals surface area contributed by atoms with Gasteiger partial charge in [-0.3, -0.25) is 0 Å². The Morgan fingerprint density at radius 2 is 0.700 bits per heavy atom. The topological polar surface area (TPSA) is 8.17 Å². The molecule has 0 aliphatic heterocycles. The number of aromatic nitrogens is 1. The van der Waals surface area contributed by atoms with Crippen LogP contribution in [-0.2, 0) is 0 Å². The molecule has 0 saturated heterocycles. The van der Waals surface area contributed by atoms with Gasteiger partial charge in [-0.2, -0.15) is 0 Å². The van der Waals surface area contributed by atoms with Gasteiger partial charge in [-0.05, 0) is 128 Å². The standard InChI is InChI=1S/C58H40N2/c1-2-13-41(14-3-1)48-19-11-21-53(39-48)59(51-33-29-43(30-34-51)46-17-10-18-47(37-46)50-28-27-42-15-4-5-16-45(42)38-50)52-35-31-44(32-36-52)49-20-12-22-54(40-49)60-57-25-8-6-23-55(57)56-24-7-9-26-58(56)60/h1-40H. The fourth-order valence-electron chi connectivity index (χ4n) is 8.78. The first-order valence-electron chi connectivity index (χ1n) is 20.6. The van der Waals surface area contributed by atoms with E-state index in [9.17, 15) is 0 Å². The van der Waals surface area contributed by atoms with Crippen LogP contribution >= 0.6 is 0 Å². The molecule has 0 saturated carbocycles. The minimum Gasteiger partial charge on any atom is -0.310 e. The first-order chi connectivity index (χ1) is 29.7. The Labute approximate surface area is 350 Å². The van der Waals surface area contributed by atoms with Crippen LogP contribution in [0.4, 0.5) is 17.1 Å². The van der Waals surface area contributed by atoms with E-state index in [0.717, 1.165) is 22.7 Å². The van der Waals surface area contributed by atoms with Gasteiger partial charge in [-0.1, -0.05) is 170 Å². The summed E-state index contributed by atoms with van der Waals surface area (Å²) in [6, 6.07) is 87.8. The molecule has 1 heterocycles. The van der Waals surface area contributed by atoms with Crippen molar-refractivity contribution >= 4 is 49.6 Å². The van der Waals surface area contributed by atoms with Crippen molar-refractivity contribution in [1.29, 1.82) is 0 Å². The van der Waals surface area contributed by atoms with Gasteiger partial charge in [0.25, 0.3) is 0 Å². The Hall–Kier alpha value is -7.94. The van der Waals surface area contributed by atoms with Crippen LogP contribution in [0.3, 0.4) is 0 Å². The van der Waals surface area contributed by atoms with Gasteiger partial charge in [-0.15, -0.1) is 0 Å². The molecule has 0 aliphatic rings. The fraction of sp³-hybridized carbons (Fsp3) is 0. The summed E-state index contributed by atoms with van der Waals surface area (Å²) in [5.41, 5.74) is 16.4. The van der Waals surface area contributed by atoms with E-state index < -0.39 is 0 Å². The summed E-state index contributed by atoms with van der Waals surface area (Å²) in [5.74, 6) is 0. The Morgan fingerprint density at radius 3 is 1.37 bits per heavy atom. The molecule has 0 N–H and O–H groups in total. The zero-order chi connectivity index (χ0) is 39.8. The van der Waals surface area contributed by atoms with Crippen LogP contribution in [0.15, 0.2) is 243 Å². The summed E-state index contributed by atoms with van der Waals surface area (Å²) >= 11 is 0. The van der Waals surface area contributed by atoms with E-state index in [1.807, 2.05) is 0 Å². The lowest BCUT2D eigenvalue weighted by atomic mass is 9.97. The second-order valence-electron chi connectivity index (χ2n) is 15.4. The molecule has 0 amide bonds. The molecule has 282 valence electrons. The normalized spacial score (nSPS) is 11.3. The predicted octanol–water partition coefficient (Wildman–Crippen LogP) is 16.1. The third kappa shape index (κ3) is 6.51. The molecule has 60 heavy (non-hydrogen) atoms. The summed E-state index contributed by atoms with van der Waals surface area (Å²) in [7, 11) is 0. The molecule has 0 atom stereocenters. The third-order valence-corrected chi connectivity index (χ3v) is 11.8. The van der Waals surface area contributed by atoms with E-state index >= 15 is 0 Å². The average molecular weight is 765 g/mol. The van der Waals surface area contributed by atoms with Crippen molar-refractivity contribution in [2.45, 2.75) is 0 Å². The van der Waals surface area contributed by atoms with Gasteiger partial charge in [0.05, 0.1) is 11.0 Å². The molecule has 0 fully saturated rings. The minimum atomic E-state index is 1.09. The second kappa shape index (κ2) is 15.1. The molecular weight excluding hydrogens is 725 g/mol. The molecule has 1 aromatic heterocycles. The first kappa shape index (κ1) is 35.2. The van der Waals surface area contributed by atoms with Gasteiger partial charge in [0, 0.05) is 33.5 Å². The fourth-order valence-corrected chi connectivity index (χ4v) is 8.78. The molecule has 0 radical (unpaired) electrons. The summed E-state index contributed by atoms with van der Waals surface area (Å²) in [6.45, 7) is 0. The van der Waals surface area contributed by atoms with Crippen LogP contribution < -0.4 is 4.90 Å². The minimum absolute atomic E-state index is 1.09. The predicted molar refractivity (Wildman–Crippen MR) is 255 cm³/mol. The van der Waals surface area contributed by atoms with Crippen molar-refractivity contribution < 1.29 is 0 Å². The Morgan fingerprint density at radius 1 is 0.250 bits per heavy atom. The number of benzene rings is 10. The highest BCUT2D eigenvalue weighted by Gasteiger charge is 2.16. The first-order valence-corrected chi connectivity index (χ1v) is 20.6. The maximum absolute atomic E-state index is 2.38. The number of para-hydroxylation sites is 2. The van der Waals surface area contributed by atoms with E-state index in [-0.39, 0.29) is 0 Å².